The molecule has 1 aliphatic heterocycles. The number of nitro groups is 1. The normalized spacial score (nSPS) is 20.5. The lowest BCUT2D eigenvalue weighted by molar-refractivity contribution is -0.385. The summed E-state index contributed by atoms with van der Waals surface area (Å²) in [5.41, 5.74) is 0.452. The summed E-state index contributed by atoms with van der Waals surface area (Å²) in [6.07, 6.45) is 1.79. The summed E-state index contributed by atoms with van der Waals surface area (Å²) in [5, 5.41) is 13.9. The molecule has 1 heterocycles. The predicted molar refractivity (Wildman–Crippen MR) is 53.0 cm³/mol. The fraction of sp³-hybridized carbons (Fsp3) is 0.400. The lowest BCUT2D eigenvalue weighted by Crippen LogP contribution is -2.14. The van der Waals surface area contributed by atoms with E-state index in [1.165, 1.54) is 12.1 Å². The quantitative estimate of drug-likeness (QED) is 0.601. The van der Waals surface area contributed by atoms with Crippen LogP contribution in [-0.4, -0.2) is 11.5 Å². The molecule has 0 spiro atoms. The molecule has 15 heavy (non-hydrogen) atoms. The lowest BCUT2D eigenvalue weighted by atomic mass is 10.0. The fourth-order valence-corrected chi connectivity index (χ4v) is 1.92. The van der Waals surface area contributed by atoms with E-state index in [4.69, 9.17) is 0 Å². The van der Waals surface area contributed by atoms with Crippen molar-refractivity contribution in [2.45, 2.75) is 18.9 Å². The molecular weight excluding hydrogens is 199 g/mol. The lowest BCUT2D eigenvalue weighted by Gasteiger charge is -2.10. The SMILES string of the molecule is O=[N+]([O-])c1ccc(F)cc1[C@H]1CCCN1. The Bertz CT molecular complexity index is 389. The molecule has 1 saturated heterocycles. The van der Waals surface area contributed by atoms with Gasteiger partial charge in [0.1, 0.15) is 5.82 Å². The Labute approximate surface area is 86.3 Å². The van der Waals surface area contributed by atoms with Crippen LogP contribution in [0, 0.1) is 15.9 Å². The number of rotatable bonds is 2. The van der Waals surface area contributed by atoms with Gasteiger partial charge in [0.05, 0.1) is 4.92 Å². The summed E-state index contributed by atoms with van der Waals surface area (Å²) in [6.45, 7) is 0.832. The summed E-state index contributed by atoms with van der Waals surface area (Å²) in [4.78, 5) is 10.3. The molecule has 1 aromatic rings. The van der Waals surface area contributed by atoms with E-state index in [9.17, 15) is 14.5 Å². The third kappa shape index (κ3) is 1.97. The largest absolute Gasteiger partial charge is 0.310 e. The van der Waals surface area contributed by atoms with Crippen LogP contribution in [0.2, 0.25) is 0 Å². The van der Waals surface area contributed by atoms with Crippen molar-refractivity contribution in [3.05, 3.63) is 39.7 Å². The maximum Gasteiger partial charge on any atom is 0.274 e. The number of hydrogen-bond acceptors (Lipinski definition) is 3. The van der Waals surface area contributed by atoms with Crippen molar-refractivity contribution in [2.24, 2.45) is 0 Å². The van der Waals surface area contributed by atoms with Crippen LogP contribution in [0.1, 0.15) is 24.4 Å². The molecule has 0 amide bonds. The molecule has 0 aliphatic carbocycles. The molecule has 1 atom stereocenters. The molecule has 80 valence electrons. The van der Waals surface area contributed by atoms with E-state index < -0.39 is 10.7 Å². The van der Waals surface area contributed by atoms with E-state index in [-0.39, 0.29) is 11.7 Å². The Morgan fingerprint density at radius 1 is 1.53 bits per heavy atom. The number of nitro benzene ring substituents is 1. The van der Waals surface area contributed by atoms with Crippen LogP contribution in [0.5, 0.6) is 0 Å². The van der Waals surface area contributed by atoms with E-state index in [1.54, 1.807) is 0 Å². The van der Waals surface area contributed by atoms with E-state index >= 15 is 0 Å². The van der Waals surface area contributed by atoms with Gasteiger partial charge in [0.15, 0.2) is 0 Å². The van der Waals surface area contributed by atoms with Crippen LogP contribution in [0.15, 0.2) is 18.2 Å². The van der Waals surface area contributed by atoms with Gasteiger partial charge < -0.3 is 5.32 Å². The van der Waals surface area contributed by atoms with E-state index in [2.05, 4.69) is 5.32 Å². The van der Waals surface area contributed by atoms with Gasteiger partial charge in [0.25, 0.3) is 5.69 Å². The van der Waals surface area contributed by atoms with Crippen LogP contribution >= 0.6 is 0 Å². The summed E-state index contributed by atoms with van der Waals surface area (Å²) >= 11 is 0. The first kappa shape index (κ1) is 10.0. The zero-order valence-electron chi connectivity index (χ0n) is 8.07. The van der Waals surface area contributed by atoms with Crippen LogP contribution in [-0.2, 0) is 0 Å². The van der Waals surface area contributed by atoms with Crippen molar-refractivity contribution in [1.29, 1.82) is 0 Å². The van der Waals surface area contributed by atoms with Crippen molar-refractivity contribution in [3.8, 4) is 0 Å². The van der Waals surface area contributed by atoms with Crippen molar-refractivity contribution in [1.82, 2.24) is 5.32 Å². The molecule has 1 aromatic carbocycles. The number of nitrogens with one attached hydrogen (secondary N) is 1. The number of hydrogen-bond donors (Lipinski definition) is 1. The van der Waals surface area contributed by atoms with Gasteiger partial charge in [-0.3, -0.25) is 10.1 Å². The standard InChI is InChI=1S/C10H11FN2O2/c11-7-3-4-10(13(14)15)8(6-7)9-2-1-5-12-9/h3-4,6,9,12H,1-2,5H2/t9-/m1/s1. The molecular formula is C10H11FN2O2. The van der Waals surface area contributed by atoms with Gasteiger partial charge in [-0.1, -0.05) is 0 Å². The topological polar surface area (TPSA) is 55.2 Å². The first-order chi connectivity index (χ1) is 7.18. The Hall–Kier alpha value is -1.49. The molecule has 0 bridgehead atoms. The molecule has 1 aliphatic rings. The van der Waals surface area contributed by atoms with Crippen LogP contribution in [0.25, 0.3) is 0 Å². The van der Waals surface area contributed by atoms with Crippen LogP contribution in [0.3, 0.4) is 0 Å². The second-order valence-electron chi connectivity index (χ2n) is 3.61. The average molecular weight is 210 g/mol. The minimum absolute atomic E-state index is 0.00389. The second kappa shape index (κ2) is 3.94. The van der Waals surface area contributed by atoms with Gasteiger partial charge in [0.2, 0.25) is 0 Å². The smallest absolute Gasteiger partial charge is 0.274 e. The zero-order chi connectivity index (χ0) is 10.8. The highest BCUT2D eigenvalue weighted by Crippen LogP contribution is 2.31. The minimum Gasteiger partial charge on any atom is -0.310 e. The summed E-state index contributed by atoms with van der Waals surface area (Å²) < 4.78 is 13.0. The first-order valence-corrected chi connectivity index (χ1v) is 4.85. The highest BCUT2D eigenvalue weighted by atomic mass is 19.1. The average Bonchev–Trinajstić information content (AvgIpc) is 2.69. The molecule has 0 aromatic heterocycles. The summed E-state index contributed by atoms with van der Waals surface area (Å²) in [5.74, 6) is -0.427. The molecule has 0 unspecified atom stereocenters. The van der Waals surface area contributed by atoms with Gasteiger partial charge in [-0.05, 0) is 31.5 Å². The van der Waals surface area contributed by atoms with E-state index in [0.717, 1.165) is 25.5 Å². The van der Waals surface area contributed by atoms with E-state index in [0.29, 0.717) is 5.56 Å². The Morgan fingerprint density at radius 3 is 2.93 bits per heavy atom. The summed E-state index contributed by atoms with van der Waals surface area (Å²) in [7, 11) is 0. The van der Waals surface area contributed by atoms with Crippen molar-refractivity contribution >= 4 is 5.69 Å². The van der Waals surface area contributed by atoms with Crippen molar-refractivity contribution < 1.29 is 9.31 Å². The van der Waals surface area contributed by atoms with Gasteiger partial charge in [-0.25, -0.2) is 4.39 Å². The number of halogens is 1. The highest BCUT2D eigenvalue weighted by Gasteiger charge is 2.24. The Balaban J connectivity index is 2.41. The maximum atomic E-state index is 13.0. The number of nitrogens with zero attached hydrogens (tertiary/aromatic N) is 1. The van der Waals surface area contributed by atoms with Gasteiger partial charge in [-0.15, -0.1) is 0 Å². The molecule has 2 rings (SSSR count). The minimum atomic E-state index is -0.464. The van der Waals surface area contributed by atoms with E-state index in [1.807, 2.05) is 0 Å². The van der Waals surface area contributed by atoms with Gasteiger partial charge >= 0.3 is 0 Å². The maximum absolute atomic E-state index is 13.0. The third-order valence-electron chi connectivity index (χ3n) is 2.62. The molecule has 1 fully saturated rings. The van der Waals surface area contributed by atoms with Gasteiger partial charge in [-0.2, -0.15) is 0 Å². The Kier molecular flexibility index (Phi) is 2.64. The zero-order valence-corrected chi connectivity index (χ0v) is 8.07. The molecule has 0 radical (unpaired) electrons. The highest BCUT2D eigenvalue weighted by molar-refractivity contribution is 5.42. The second-order valence-corrected chi connectivity index (χ2v) is 3.61. The predicted octanol–water partition coefficient (Wildman–Crippen LogP) is 2.16. The Morgan fingerprint density at radius 2 is 2.33 bits per heavy atom. The monoisotopic (exact) mass is 210 g/mol. The fourth-order valence-electron chi connectivity index (χ4n) is 1.92. The molecule has 4 nitrogen and oxygen atoms in total. The number of benzene rings is 1. The van der Waals surface area contributed by atoms with Crippen molar-refractivity contribution in [3.63, 3.8) is 0 Å². The first-order valence-electron chi connectivity index (χ1n) is 4.85. The molecule has 0 saturated carbocycles. The molecule has 5 heteroatoms. The van der Waals surface area contributed by atoms with Crippen LogP contribution < -0.4 is 5.32 Å². The van der Waals surface area contributed by atoms with Gasteiger partial charge in [0, 0.05) is 17.7 Å². The summed E-state index contributed by atoms with van der Waals surface area (Å²) in [6, 6.07) is 3.52. The molecule has 1 N–H and O–H groups in total. The third-order valence-corrected chi connectivity index (χ3v) is 2.62. The van der Waals surface area contributed by atoms with Crippen molar-refractivity contribution in [2.75, 3.05) is 6.54 Å². The van der Waals surface area contributed by atoms with Crippen LogP contribution in [0.4, 0.5) is 10.1 Å².